The fourth-order valence-electron chi connectivity index (χ4n) is 2.32. The standard InChI is InChI=1S/C19H15ClN2O4S/c1-22-17(24)16(10-11-3-8-15(23)14(20)9-11)27-19(22)21-13-6-4-12(5-7-13)18(25)26-2/h3-10,23H,1-2H3/b16-10+,21-19?. The van der Waals surface area contributed by atoms with Gasteiger partial charge in [-0.05, 0) is 59.8 Å². The van der Waals surface area contributed by atoms with Crippen molar-refractivity contribution in [3.63, 3.8) is 0 Å². The predicted molar refractivity (Wildman–Crippen MR) is 106 cm³/mol. The average Bonchev–Trinajstić information content (AvgIpc) is 2.92. The van der Waals surface area contributed by atoms with Crippen molar-refractivity contribution in [3.05, 3.63) is 63.5 Å². The lowest BCUT2D eigenvalue weighted by Crippen LogP contribution is -2.23. The summed E-state index contributed by atoms with van der Waals surface area (Å²) in [5.74, 6) is -0.623. The summed E-state index contributed by atoms with van der Waals surface area (Å²) in [4.78, 5) is 30.3. The van der Waals surface area contributed by atoms with Gasteiger partial charge >= 0.3 is 5.97 Å². The first kappa shape index (κ1) is 19.0. The number of methoxy groups -OCH3 is 1. The van der Waals surface area contributed by atoms with E-state index in [4.69, 9.17) is 11.6 Å². The molecule has 0 unspecified atom stereocenters. The van der Waals surface area contributed by atoms with Crippen LogP contribution in [0.25, 0.3) is 6.08 Å². The number of phenolic OH excluding ortho intramolecular Hbond substituents is 1. The van der Waals surface area contributed by atoms with E-state index in [0.29, 0.717) is 26.9 Å². The lowest BCUT2D eigenvalue weighted by Gasteiger charge is -2.07. The van der Waals surface area contributed by atoms with E-state index in [9.17, 15) is 14.7 Å². The largest absolute Gasteiger partial charge is 0.506 e. The topological polar surface area (TPSA) is 79.2 Å². The Hall–Kier alpha value is -2.77. The SMILES string of the molecule is COC(=O)c1ccc(N=C2S/C(=C/c3ccc(O)c(Cl)c3)C(=O)N2C)cc1. The number of phenols is 1. The molecule has 1 aliphatic heterocycles. The average molecular weight is 403 g/mol. The number of likely N-dealkylation sites (N-methyl/N-ethyl adjacent to an activating group) is 1. The van der Waals surface area contributed by atoms with Gasteiger partial charge in [0.1, 0.15) is 5.75 Å². The molecule has 3 rings (SSSR count). The molecule has 138 valence electrons. The van der Waals surface area contributed by atoms with Crippen LogP contribution in [0.5, 0.6) is 5.75 Å². The van der Waals surface area contributed by atoms with E-state index in [1.165, 1.54) is 29.8 Å². The second-order valence-corrected chi connectivity index (χ2v) is 7.03. The second kappa shape index (κ2) is 7.85. The van der Waals surface area contributed by atoms with Gasteiger partial charge in [-0.2, -0.15) is 0 Å². The van der Waals surface area contributed by atoms with Gasteiger partial charge in [-0.25, -0.2) is 9.79 Å². The van der Waals surface area contributed by atoms with Crippen molar-refractivity contribution >= 4 is 52.2 Å². The molecular weight excluding hydrogens is 388 g/mol. The maximum absolute atomic E-state index is 12.5. The van der Waals surface area contributed by atoms with E-state index in [1.807, 2.05) is 0 Å². The van der Waals surface area contributed by atoms with E-state index in [2.05, 4.69) is 9.73 Å². The summed E-state index contributed by atoms with van der Waals surface area (Å²) in [7, 11) is 2.96. The number of nitrogens with zero attached hydrogens (tertiary/aromatic N) is 2. The van der Waals surface area contributed by atoms with Crippen LogP contribution in [0.15, 0.2) is 52.4 Å². The minimum absolute atomic E-state index is 0.0148. The van der Waals surface area contributed by atoms with Gasteiger partial charge in [-0.15, -0.1) is 0 Å². The molecule has 0 aliphatic carbocycles. The number of aliphatic imine (C=N–C) groups is 1. The zero-order valence-electron chi connectivity index (χ0n) is 14.5. The number of hydrogen-bond acceptors (Lipinski definition) is 6. The van der Waals surface area contributed by atoms with Crippen LogP contribution in [0, 0.1) is 0 Å². The Morgan fingerprint density at radius 1 is 1.26 bits per heavy atom. The number of amidine groups is 1. The molecule has 1 amide bonds. The summed E-state index contributed by atoms with van der Waals surface area (Å²) in [5.41, 5.74) is 1.74. The highest BCUT2D eigenvalue weighted by Crippen LogP contribution is 2.34. The third-order valence-electron chi connectivity index (χ3n) is 3.79. The molecule has 2 aromatic rings. The first-order valence-corrected chi connectivity index (χ1v) is 9.01. The minimum Gasteiger partial charge on any atom is -0.506 e. The van der Waals surface area contributed by atoms with Crippen LogP contribution in [0.2, 0.25) is 5.02 Å². The quantitative estimate of drug-likeness (QED) is 0.618. The molecule has 1 saturated heterocycles. The predicted octanol–water partition coefficient (Wildman–Crippen LogP) is 4.07. The molecule has 1 fully saturated rings. The molecule has 1 aliphatic rings. The molecule has 0 atom stereocenters. The number of carbonyl (C=O) groups excluding carboxylic acids is 2. The van der Waals surface area contributed by atoms with Crippen molar-refractivity contribution in [1.82, 2.24) is 4.90 Å². The molecule has 2 aromatic carbocycles. The third-order valence-corrected chi connectivity index (χ3v) is 5.15. The van der Waals surface area contributed by atoms with Gasteiger partial charge < -0.3 is 9.84 Å². The molecule has 6 nitrogen and oxygen atoms in total. The number of thioether (sulfide) groups is 1. The molecule has 27 heavy (non-hydrogen) atoms. The number of benzene rings is 2. The summed E-state index contributed by atoms with van der Waals surface area (Å²) in [5, 5.41) is 10.2. The molecule has 8 heteroatoms. The minimum atomic E-state index is -0.422. The Bertz CT molecular complexity index is 970. The Labute approximate surface area is 165 Å². The lowest BCUT2D eigenvalue weighted by molar-refractivity contribution is -0.121. The highest BCUT2D eigenvalue weighted by atomic mass is 35.5. The molecule has 0 saturated carbocycles. The normalized spacial score (nSPS) is 17.0. The van der Waals surface area contributed by atoms with Crippen molar-refractivity contribution in [2.24, 2.45) is 4.99 Å². The number of carbonyl (C=O) groups is 2. The second-order valence-electron chi connectivity index (χ2n) is 5.62. The molecular formula is C19H15ClN2O4S. The highest BCUT2D eigenvalue weighted by Gasteiger charge is 2.30. The van der Waals surface area contributed by atoms with Gasteiger partial charge in [0.2, 0.25) is 0 Å². The first-order valence-electron chi connectivity index (χ1n) is 7.82. The zero-order chi connectivity index (χ0) is 19.6. The summed E-state index contributed by atoms with van der Waals surface area (Å²) < 4.78 is 4.66. The monoisotopic (exact) mass is 402 g/mol. The third kappa shape index (κ3) is 4.15. The van der Waals surface area contributed by atoms with Crippen LogP contribution in [0.1, 0.15) is 15.9 Å². The number of amides is 1. The number of esters is 1. The Morgan fingerprint density at radius 2 is 1.96 bits per heavy atom. The van der Waals surface area contributed by atoms with Gasteiger partial charge in [-0.1, -0.05) is 17.7 Å². The van der Waals surface area contributed by atoms with Gasteiger partial charge in [0.05, 0.1) is 28.3 Å². The first-order chi connectivity index (χ1) is 12.9. The van der Waals surface area contributed by atoms with Gasteiger partial charge in [-0.3, -0.25) is 9.69 Å². The molecule has 1 N–H and O–H groups in total. The Morgan fingerprint density at radius 3 is 2.59 bits per heavy atom. The number of halogens is 1. The fourth-order valence-corrected chi connectivity index (χ4v) is 3.49. The number of ether oxygens (including phenoxy) is 1. The summed E-state index contributed by atoms with van der Waals surface area (Å²) >= 11 is 7.14. The highest BCUT2D eigenvalue weighted by molar-refractivity contribution is 8.18. The van der Waals surface area contributed by atoms with Gasteiger partial charge in [0.15, 0.2) is 5.17 Å². The Kier molecular flexibility index (Phi) is 5.53. The fraction of sp³-hybridized carbons (Fsp3) is 0.105. The van der Waals surface area contributed by atoms with E-state index in [0.717, 1.165) is 0 Å². The molecule has 1 heterocycles. The van der Waals surface area contributed by atoms with E-state index in [1.54, 1.807) is 49.5 Å². The van der Waals surface area contributed by atoms with Crippen LogP contribution in [0.4, 0.5) is 5.69 Å². The molecule has 0 radical (unpaired) electrons. The van der Waals surface area contributed by atoms with E-state index >= 15 is 0 Å². The van der Waals surface area contributed by atoms with Crippen molar-refractivity contribution in [2.75, 3.05) is 14.2 Å². The summed E-state index contributed by atoms with van der Waals surface area (Å²) in [6.45, 7) is 0. The summed E-state index contributed by atoms with van der Waals surface area (Å²) in [6.07, 6.45) is 1.69. The maximum atomic E-state index is 12.5. The number of hydrogen-bond donors (Lipinski definition) is 1. The van der Waals surface area contributed by atoms with Crippen molar-refractivity contribution < 1.29 is 19.4 Å². The van der Waals surface area contributed by atoms with Crippen LogP contribution in [-0.4, -0.2) is 41.2 Å². The number of rotatable bonds is 3. The van der Waals surface area contributed by atoms with Crippen LogP contribution in [-0.2, 0) is 9.53 Å². The maximum Gasteiger partial charge on any atom is 0.337 e. The number of aromatic hydroxyl groups is 1. The van der Waals surface area contributed by atoms with E-state index in [-0.39, 0.29) is 16.7 Å². The zero-order valence-corrected chi connectivity index (χ0v) is 16.0. The van der Waals surface area contributed by atoms with Crippen molar-refractivity contribution in [2.45, 2.75) is 0 Å². The summed E-state index contributed by atoms with van der Waals surface area (Å²) in [6, 6.07) is 11.3. The van der Waals surface area contributed by atoms with Crippen LogP contribution in [0.3, 0.4) is 0 Å². The molecule has 0 aromatic heterocycles. The van der Waals surface area contributed by atoms with Gasteiger partial charge in [0, 0.05) is 7.05 Å². The smallest absolute Gasteiger partial charge is 0.337 e. The van der Waals surface area contributed by atoms with Gasteiger partial charge in [0.25, 0.3) is 5.91 Å². The van der Waals surface area contributed by atoms with E-state index < -0.39 is 5.97 Å². The molecule has 0 bridgehead atoms. The van der Waals surface area contributed by atoms with Crippen molar-refractivity contribution in [3.8, 4) is 5.75 Å². The Balaban J connectivity index is 1.84. The molecule has 0 spiro atoms. The van der Waals surface area contributed by atoms with Crippen LogP contribution >= 0.6 is 23.4 Å². The van der Waals surface area contributed by atoms with Crippen molar-refractivity contribution in [1.29, 1.82) is 0 Å². The lowest BCUT2D eigenvalue weighted by atomic mass is 10.2. The van der Waals surface area contributed by atoms with Crippen LogP contribution < -0.4 is 0 Å².